The van der Waals surface area contributed by atoms with Crippen molar-refractivity contribution in [3.8, 4) is 0 Å². The number of piperidine rings is 1. The van der Waals surface area contributed by atoms with Crippen molar-refractivity contribution in [2.75, 3.05) is 24.6 Å². The van der Waals surface area contributed by atoms with E-state index in [1.54, 1.807) is 12.4 Å². The third-order valence-electron chi connectivity index (χ3n) is 5.45. The molecule has 6 heteroatoms. The number of hydrogen-bond acceptors (Lipinski definition) is 4. The number of amides is 2. The first-order valence-electron chi connectivity index (χ1n) is 9.24. The molecule has 2 aliphatic heterocycles. The van der Waals surface area contributed by atoms with Crippen molar-refractivity contribution in [1.29, 1.82) is 0 Å². The molecule has 27 heavy (non-hydrogen) atoms. The van der Waals surface area contributed by atoms with Gasteiger partial charge in [0.15, 0.2) is 0 Å². The minimum Gasteiger partial charge on any atom is -0.361 e. The van der Waals surface area contributed by atoms with Gasteiger partial charge in [-0.3, -0.25) is 14.6 Å². The lowest BCUT2D eigenvalue weighted by atomic mass is 9.85. The Labute approximate surface area is 158 Å². The lowest BCUT2D eigenvalue weighted by Crippen LogP contribution is -2.68. The van der Waals surface area contributed by atoms with E-state index in [4.69, 9.17) is 4.74 Å². The van der Waals surface area contributed by atoms with Crippen LogP contribution in [0.3, 0.4) is 0 Å². The number of anilines is 1. The van der Waals surface area contributed by atoms with Gasteiger partial charge in [0.25, 0.3) is 5.91 Å². The molecule has 2 aromatic rings. The Kier molecular flexibility index (Phi) is 4.66. The van der Waals surface area contributed by atoms with Crippen molar-refractivity contribution in [1.82, 2.24) is 9.88 Å². The molecule has 2 aliphatic rings. The summed E-state index contributed by atoms with van der Waals surface area (Å²) in [5.74, 6) is 0.0354. The molecule has 2 fully saturated rings. The SMILES string of the molecule is C[C@@]12CN(C(=O)Cc3cccnc3)CC[C@H]1N(c1ccccc1)C(=O)CO2. The molecule has 0 N–H and O–H groups in total. The van der Waals surface area contributed by atoms with E-state index in [9.17, 15) is 9.59 Å². The molecule has 140 valence electrons. The number of pyridine rings is 1. The highest BCUT2D eigenvalue weighted by Gasteiger charge is 2.50. The number of morpholine rings is 1. The molecule has 0 radical (unpaired) electrons. The summed E-state index contributed by atoms with van der Waals surface area (Å²) in [5.41, 5.74) is 1.21. The van der Waals surface area contributed by atoms with Crippen LogP contribution in [0.2, 0.25) is 0 Å². The zero-order chi connectivity index (χ0) is 18.9. The number of ether oxygens (including phenoxy) is 1. The summed E-state index contributed by atoms with van der Waals surface area (Å²) in [6, 6.07) is 13.4. The van der Waals surface area contributed by atoms with E-state index in [0.29, 0.717) is 25.9 Å². The van der Waals surface area contributed by atoms with Crippen LogP contribution >= 0.6 is 0 Å². The van der Waals surface area contributed by atoms with Crippen LogP contribution in [0.15, 0.2) is 54.9 Å². The van der Waals surface area contributed by atoms with Crippen LogP contribution in [-0.4, -0.2) is 53.0 Å². The molecule has 0 saturated carbocycles. The van der Waals surface area contributed by atoms with Crippen molar-refractivity contribution in [3.63, 3.8) is 0 Å². The Bertz CT molecular complexity index is 827. The van der Waals surface area contributed by atoms with E-state index in [0.717, 1.165) is 11.3 Å². The summed E-state index contributed by atoms with van der Waals surface area (Å²) < 4.78 is 5.97. The van der Waals surface area contributed by atoms with Crippen molar-refractivity contribution >= 4 is 17.5 Å². The number of aromatic nitrogens is 1. The summed E-state index contributed by atoms with van der Waals surface area (Å²) in [5, 5.41) is 0. The van der Waals surface area contributed by atoms with Crippen LogP contribution in [0.25, 0.3) is 0 Å². The topological polar surface area (TPSA) is 62.7 Å². The zero-order valence-electron chi connectivity index (χ0n) is 15.4. The summed E-state index contributed by atoms with van der Waals surface area (Å²) in [6.45, 7) is 3.13. The highest BCUT2D eigenvalue weighted by Crippen LogP contribution is 2.36. The summed E-state index contributed by atoms with van der Waals surface area (Å²) in [6.07, 6.45) is 4.44. The van der Waals surface area contributed by atoms with Crippen molar-refractivity contribution in [2.45, 2.75) is 31.4 Å². The number of rotatable bonds is 3. The first kappa shape index (κ1) is 17.7. The molecule has 0 spiro atoms. The Hall–Kier alpha value is -2.73. The number of likely N-dealkylation sites (tertiary alicyclic amines) is 1. The van der Waals surface area contributed by atoms with Crippen molar-refractivity contribution in [2.24, 2.45) is 0 Å². The van der Waals surface area contributed by atoms with E-state index < -0.39 is 5.60 Å². The first-order valence-corrected chi connectivity index (χ1v) is 9.24. The maximum Gasteiger partial charge on any atom is 0.253 e. The number of carbonyl (C=O) groups excluding carboxylic acids is 2. The Morgan fingerprint density at radius 1 is 1.26 bits per heavy atom. The van der Waals surface area contributed by atoms with Gasteiger partial charge in [-0.05, 0) is 37.1 Å². The maximum absolute atomic E-state index is 12.8. The highest BCUT2D eigenvalue weighted by molar-refractivity contribution is 5.96. The van der Waals surface area contributed by atoms with Crippen LogP contribution in [0.5, 0.6) is 0 Å². The van der Waals surface area contributed by atoms with Crippen LogP contribution in [0.4, 0.5) is 5.69 Å². The lowest BCUT2D eigenvalue weighted by molar-refractivity contribution is -0.158. The van der Waals surface area contributed by atoms with Gasteiger partial charge >= 0.3 is 0 Å². The Morgan fingerprint density at radius 2 is 2.07 bits per heavy atom. The molecular formula is C21H23N3O3. The maximum atomic E-state index is 12.8. The van der Waals surface area contributed by atoms with Crippen molar-refractivity contribution < 1.29 is 14.3 Å². The molecule has 0 aliphatic carbocycles. The number of nitrogens with zero attached hydrogens (tertiary/aromatic N) is 3. The van der Waals surface area contributed by atoms with Crippen LogP contribution in [-0.2, 0) is 20.7 Å². The fourth-order valence-corrected chi connectivity index (χ4v) is 4.08. The highest BCUT2D eigenvalue weighted by atomic mass is 16.5. The molecule has 4 rings (SSSR count). The van der Waals surface area contributed by atoms with Gasteiger partial charge in [0.05, 0.1) is 19.0 Å². The monoisotopic (exact) mass is 365 g/mol. The summed E-state index contributed by atoms with van der Waals surface area (Å²) in [4.78, 5) is 33.1. The van der Waals surface area contributed by atoms with E-state index in [-0.39, 0.29) is 24.5 Å². The average molecular weight is 365 g/mol. The molecule has 3 heterocycles. The second kappa shape index (κ2) is 7.12. The lowest BCUT2D eigenvalue weighted by Gasteiger charge is -2.52. The molecule has 1 aromatic heterocycles. The largest absolute Gasteiger partial charge is 0.361 e. The molecule has 2 amide bonds. The second-order valence-electron chi connectivity index (χ2n) is 7.36. The van der Waals surface area contributed by atoms with Crippen LogP contribution < -0.4 is 4.90 Å². The van der Waals surface area contributed by atoms with E-state index in [2.05, 4.69) is 4.98 Å². The molecular weight excluding hydrogens is 342 g/mol. The van der Waals surface area contributed by atoms with E-state index >= 15 is 0 Å². The predicted octanol–water partition coefficient (Wildman–Crippen LogP) is 2.05. The molecule has 2 atom stereocenters. The fraction of sp³-hybridized carbons (Fsp3) is 0.381. The van der Waals surface area contributed by atoms with Crippen LogP contribution in [0, 0.1) is 0 Å². The summed E-state index contributed by atoms with van der Waals surface area (Å²) >= 11 is 0. The predicted molar refractivity (Wildman–Crippen MR) is 101 cm³/mol. The third-order valence-corrected chi connectivity index (χ3v) is 5.45. The van der Waals surface area contributed by atoms with Crippen molar-refractivity contribution in [3.05, 3.63) is 60.4 Å². The number of carbonyl (C=O) groups is 2. The van der Waals surface area contributed by atoms with Gasteiger partial charge in [-0.2, -0.15) is 0 Å². The van der Waals surface area contributed by atoms with E-state index in [1.807, 2.05) is 59.2 Å². The minimum atomic E-state index is -0.577. The van der Waals surface area contributed by atoms with Gasteiger partial charge in [0.2, 0.25) is 5.91 Å². The standard InChI is InChI=1S/C21H23N3O3/c1-21-15-23(19(25)12-16-6-5-10-22-13-16)11-9-18(21)24(20(26)14-27-21)17-7-3-2-4-8-17/h2-8,10,13,18H,9,11-12,14-15H2,1H3/t18-,21-/m1/s1. The van der Waals surface area contributed by atoms with E-state index in [1.165, 1.54) is 0 Å². The number of benzene rings is 1. The first-order chi connectivity index (χ1) is 13.1. The fourth-order valence-electron chi connectivity index (χ4n) is 4.08. The number of hydrogen-bond donors (Lipinski definition) is 0. The quantitative estimate of drug-likeness (QED) is 0.835. The summed E-state index contributed by atoms with van der Waals surface area (Å²) in [7, 11) is 0. The van der Waals surface area contributed by atoms with Gasteiger partial charge in [-0.1, -0.05) is 24.3 Å². The van der Waals surface area contributed by atoms with Gasteiger partial charge in [0.1, 0.15) is 12.2 Å². The van der Waals surface area contributed by atoms with Gasteiger partial charge in [0, 0.05) is 24.6 Å². The number of para-hydroxylation sites is 1. The Morgan fingerprint density at radius 3 is 2.81 bits per heavy atom. The van der Waals surface area contributed by atoms with Gasteiger partial charge < -0.3 is 14.5 Å². The third kappa shape index (κ3) is 3.45. The number of fused-ring (bicyclic) bond motifs is 1. The second-order valence-corrected chi connectivity index (χ2v) is 7.36. The molecule has 2 saturated heterocycles. The van der Waals surface area contributed by atoms with Gasteiger partial charge in [-0.25, -0.2) is 0 Å². The Balaban J connectivity index is 1.52. The zero-order valence-corrected chi connectivity index (χ0v) is 15.4. The van der Waals surface area contributed by atoms with Gasteiger partial charge in [-0.15, -0.1) is 0 Å². The molecule has 1 aromatic carbocycles. The van der Waals surface area contributed by atoms with Crippen LogP contribution in [0.1, 0.15) is 18.9 Å². The minimum absolute atomic E-state index is 0.0289. The normalized spacial score (nSPS) is 25.2. The smallest absolute Gasteiger partial charge is 0.253 e. The molecule has 0 bridgehead atoms. The molecule has 0 unspecified atom stereocenters. The molecule has 6 nitrogen and oxygen atoms in total. The average Bonchev–Trinajstić information content (AvgIpc) is 2.69.